The van der Waals surface area contributed by atoms with Crippen molar-refractivity contribution in [3.63, 3.8) is 0 Å². The fourth-order valence-corrected chi connectivity index (χ4v) is 2.62. The van der Waals surface area contributed by atoms with Crippen LogP contribution in [0, 0.1) is 0 Å². The van der Waals surface area contributed by atoms with Gasteiger partial charge in [0.2, 0.25) is 0 Å². The molecule has 0 spiro atoms. The average molecular weight is 298 g/mol. The van der Waals surface area contributed by atoms with E-state index in [0.717, 1.165) is 18.9 Å². The van der Waals surface area contributed by atoms with Gasteiger partial charge in [-0.3, -0.25) is 9.79 Å². The van der Waals surface area contributed by atoms with Crippen LogP contribution >= 0.6 is 0 Å². The zero-order valence-electron chi connectivity index (χ0n) is 12.4. The maximum Gasteiger partial charge on any atom is 0.284 e. The first-order valence-corrected chi connectivity index (χ1v) is 7.13. The number of carbonyl (C=O) groups excluding carboxylic acids is 1. The molecule has 1 aromatic heterocycles. The highest BCUT2D eigenvalue weighted by molar-refractivity contribution is 5.97. The number of nitrogens with two attached hydrogens (primary N) is 1. The highest BCUT2D eigenvalue weighted by atomic mass is 16.3. The molecule has 0 saturated carbocycles. The Labute approximate surface area is 128 Å². The molecule has 0 aliphatic carbocycles. The molecule has 2 heterocycles. The maximum absolute atomic E-state index is 11.0. The van der Waals surface area contributed by atoms with Crippen LogP contribution in [0.3, 0.4) is 0 Å². The summed E-state index contributed by atoms with van der Waals surface area (Å²) in [5, 5.41) is 3.25. The molecule has 3 N–H and O–H groups in total. The van der Waals surface area contributed by atoms with Gasteiger partial charge in [-0.05, 0) is 30.2 Å². The van der Waals surface area contributed by atoms with Crippen molar-refractivity contribution >= 4 is 17.6 Å². The SMILES string of the molecule is CN=C(NCc1ccc(C(N)=O)o1)N1CCc2ccccc21. The van der Waals surface area contributed by atoms with Gasteiger partial charge in [0.15, 0.2) is 11.7 Å². The standard InChI is InChI=1S/C16H18N4O2/c1-18-16(19-10-12-6-7-14(22-12)15(17)21)20-9-8-11-4-2-3-5-13(11)20/h2-7H,8-10H2,1H3,(H2,17,21)(H,18,19). The summed E-state index contributed by atoms with van der Waals surface area (Å²) in [6.45, 7) is 1.34. The summed E-state index contributed by atoms with van der Waals surface area (Å²) >= 11 is 0. The molecule has 0 bridgehead atoms. The first-order valence-electron chi connectivity index (χ1n) is 7.13. The molecule has 0 radical (unpaired) electrons. The molecule has 1 aromatic carbocycles. The van der Waals surface area contributed by atoms with Crippen LogP contribution in [0.15, 0.2) is 45.8 Å². The normalized spacial score (nSPS) is 14.0. The first kappa shape index (κ1) is 14.2. The Hall–Kier alpha value is -2.76. The third kappa shape index (κ3) is 2.67. The van der Waals surface area contributed by atoms with Crippen molar-refractivity contribution in [2.75, 3.05) is 18.5 Å². The summed E-state index contributed by atoms with van der Waals surface area (Å²) in [5.74, 6) is 1.02. The molecule has 1 amide bonds. The number of furan rings is 1. The van der Waals surface area contributed by atoms with Gasteiger partial charge >= 0.3 is 0 Å². The summed E-state index contributed by atoms with van der Waals surface area (Å²) in [5.41, 5.74) is 7.67. The van der Waals surface area contributed by atoms with Gasteiger partial charge in [0.1, 0.15) is 5.76 Å². The summed E-state index contributed by atoms with van der Waals surface area (Å²) in [7, 11) is 1.75. The van der Waals surface area contributed by atoms with E-state index in [1.54, 1.807) is 19.2 Å². The van der Waals surface area contributed by atoms with Gasteiger partial charge in [0, 0.05) is 19.3 Å². The number of aliphatic imine (C=N–C) groups is 1. The Kier molecular flexibility index (Phi) is 3.82. The van der Waals surface area contributed by atoms with Gasteiger partial charge in [-0.15, -0.1) is 0 Å². The van der Waals surface area contributed by atoms with E-state index >= 15 is 0 Å². The highest BCUT2D eigenvalue weighted by Gasteiger charge is 2.22. The smallest absolute Gasteiger partial charge is 0.284 e. The number of hydrogen-bond donors (Lipinski definition) is 2. The Morgan fingerprint density at radius 2 is 2.18 bits per heavy atom. The second-order valence-electron chi connectivity index (χ2n) is 5.06. The summed E-state index contributed by atoms with van der Waals surface area (Å²) in [6, 6.07) is 11.6. The van der Waals surface area contributed by atoms with Crippen LogP contribution in [0.2, 0.25) is 0 Å². The van der Waals surface area contributed by atoms with Gasteiger partial charge in [-0.1, -0.05) is 18.2 Å². The lowest BCUT2D eigenvalue weighted by molar-refractivity contribution is 0.0972. The van der Waals surface area contributed by atoms with E-state index in [1.165, 1.54) is 11.3 Å². The molecule has 114 valence electrons. The lowest BCUT2D eigenvalue weighted by Crippen LogP contribution is -2.40. The van der Waals surface area contributed by atoms with Crippen molar-refractivity contribution in [2.45, 2.75) is 13.0 Å². The van der Waals surface area contributed by atoms with Crippen LogP contribution < -0.4 is 16.0 Å². The molecule has 0 fully saturated rings. The van der Waals surface area contributed by atoms with E-state index in [-0.39, 0.29) is 5.76 Å². The number of anilines is 1. The molecule has 0 saturated heterocycles. The topological polar surface area (TPSA) is 83.9 Å². The number of primary amides is 1. The number of nitrogens with zero attached hydrogens (tertiary/aromatic N) is 2. The van der Waals surface area contributed by atoms with E-state index in [4.69, 9.17) is 10.2 Å². The summed E-state index contributed by atoms with van der Waals surface area (Å²) in [6.07, 6.45) is 1.00. The molecule has 6 heteroatoms. The Balaban J connectivity index is 1.70. The number of carbonyl (C=O) groups is 1. The monoisotopic (exact) mass is 298 g/mol. The minimum absolute atomic E-state index is 0.165. The van der Waals surface area contributed by atoms with Crippen molar-refractivity contribution in [3.8, 4) is 0 Å². The average Bonchev–Trinajstić information content (AvgIpc) is 3.15. The van der Waals surface area contributed by atoms with Gasteiger partial charge in [0.25, 0.3) is 5.91 Å². The van der Waals surface area contributed by atoms with Crippen molar-refractivity contribution in [1.82, 2.24) is 5.32 Å². The van der Waals surface area contributed by atoms with Gasteiger partial charge in [-0.25, -0.2) is 0 Å². The van der Waals surface area contributed by atoms with Crippen LogP contribution in [0.5, 0.6) is 0 Å². The lowest BCUT2D eigenvalue weighted by atomic mass is 10.2. The second kappa shape index (κ2) is 5.93. The molecular weight excluding hydrogens is 280 g/mol. The quantitative estimate of drug-likeness (QED) is 0.664. The second-order valence-corrected chi connectivity index (χ2v) is 5.06. The zero-order valence-corrected chi connectivity index (χ0v) is 12.4. The molecular formula is C16H18N4O2. The Bertz CT molecular complexity index is 720. The first-order chi connectivity index (χ1) is 10.7. The van der Waals surface area contributed by atoms with E-state index in [0.29, 0.717) is 12.3 Å². The fraction of sp³-hybridized carbons (Fsp3) is 0.250. The van der Waals surface area contributed by atoms with Crippen molar-refractivity contribution < 1.29 is 9.21 Å². The minimum atomic E-state index is -0.566. The van der Waals surface area contributed by atoms with E-state index in [2.05, 4.69) is 27.3 Å². The van der Waals surface area contributed by atoms with Crippen molar-refractivity contribution in [1.29, 1.82) is 0 Å². The largest absolute Gasteiger partial charge is 0.454 e. The zero-order chi connectivity index (χ0) is 15.5. The number of rotatable bonds is 3. The Morgan fingerprint density at radius 3 is 2.91 bits per heavy atom. The third-order valence-corrected chi connectivity index (χ3v) is 3.68. The number of para-hydroxylation sites is 1. The van der Waals surface area contributed by atoms with Gasteiger partial charge < -0.3 is 20.4 Å². The van der Waals surface area contributed by atoms with E-state index in [1.807, 2.05) is 12.1 Å². The number of guanidine groups is 1. The molecule has 6 nitrogen and oxygen atoms in total. The van der Waals surface area contributed by atoms with Crippen LogP contribution in [-0.4, -0.2) is 25.5 Å². The number of fused-ring (bicyclic) bond motifs is 1. The number of nitrogens with one attached hydrogen (secondary N) is 1. The molecule has 0 unspecified atom stereocenters. The van der Waals surface area contributed by atoms with E-state index < -0.39 is 5.91 Å². The maximum atomic E-state index is 11.0. The van der Waals surface area contributed by atoms with Gasteiger partial charge in [0.05, 0.1) is 6.54 Å². The molecule has 22 heavy (non-hydrogen) atoms. The predicted octanol–water partition coefficient (Wildman–Crippen LogP) is 1.52. The highest BCUT2D eigenvalue weighted by Crippen LogP contribution is 2.27. The van der Waals surface area contributed by atoms with Gasteiger partial charge in [-0.2, -0.15) is 0 Å². The molecule has 3 rings (SSSR count). The molecule has 1 aliphatic heterocycles. The Morgan fingerprint density at radius 1 is 1.36 bits per heavy atom. The van der Waals surface area contributed by atoms with E-state index in [9.17, 15) is 4.79 Å². The van der Waals surface area contributed by atoms with Crippen LogP contribution in [0.4, 0.5) is 5.69 Å². The molecule has 1 aliphatic rings. The summed E-state index contributed by atoms with van der Waals surface area (Å²) < 4.78 is 5.36. The number of hydrogen-bond acceptors (Lipinski definition) is 3. The van der Waals surface area contributed by atoms with Crippen molar-refractivity contribution in [2.24, 2.45) is 10.7 Å². The summed E-state index contributed by atoms with van der Waals surface area (Å²) in [4.78, 5) is 17.5. The number of amides is 1. The van der Waals surface area contributed by atoms with Crippen LogP contribution in [0.25, 0.3) is 0 Å². The molecule has 0 atom stereocenters. The predicted molar refractivity (Wildman–Crippen MR) is 84.9 cm³/mol. The van der Waals surface area contributed by atoms with Crippen LogP contribution in [0.1, 0.15) is 21.9 Å². The molecule has 2 aromatic rings. The minimum Gasteiger partial charge on any atom is -0.454 e. The fourth-order valence-electron chi connectivity index (χ4n) is 2.62. The third-order valence-electron chi connectivity index (χ3n) is 3.68. The number of benzene rings is 1. The van der Waals surface area contributed by atoms with Crippen molar-refractivity contribution in [3.05, 3.63) is 53.5 Å². The van der Waals surface area contributed by atoms with Crippen LogP contribution in [-0.2, 0) is 13.0 Å². The lowest BCUT2D eigenvalue weighted by Gasteiger charge is -2.21.